The van der Waals surface area contributed by atoms with Gasteiger partial charge in [0.1, 0.15) is 0 Å². The van der Waals surface area contributed by atoms with E-state index < -0.39 is 23.7 Å². The van der Waals surface area contributed by atoms with Crippen LogP contribution in [0.4, 0.5) is 18.0 Å². The molecular weight excluding hydrogens is 355 g/mol. The first kappa shape index (κ1) is 17.8. The van der Waals surface area contributed by atoms with Crippen LogP contribution in [-0.2, 0) is 6.18 Å². The lowest BCUT2D eigenvalue weighted by atomic mass is 10.1. The summed E-state index contributed by atoms with van der Waals surface area (Å²) in [6, 6.07) is 4.12. The molecule has 0 saturated carbocycles. The van der Waals surface area contributed by atoms with E-state index in [4.69, 9.17) is 9.52 Å². The standard InChI is InChI=1S/C16H14F3N3O4/c17-16(18,19)10-3-1-2-9(6-10)12-7-20-14(26-12)13(23)21-11-4-5-22(8-11)15(24)25/h1-3,6-7,11H,4-5,8H2,(H,21,23)(H,24,25). The maximum Gasteiger partial charge on any atom is 0.416 e. The molecule has 1 atom stereocenters. The molecule has 7 nitrogen and oxygen atoms in total. The Morgan fingerprint density at radius 1 is 1.35 bits per heavy atom. The normalized spacial score (nSPS) is 17.3. The summed E-state index contributed by atoms with van der Waals surface area (Å²) in [5.41, 5.74) is -0.693. The third kappa shape index (κ3) is 3.79. The van der Waals surface area contributed by atoms with Gasteiger partial charge in [0.05, 0.1) is 11.8 Å². The number of hydrogen-bond donors (Lipinski definition) is 2. The first-order valence-electron chi connectivity index (χ1n) is 7.66. The molecule has 10 heteroatoms. The van der Waals surface area contributed by atoms with Crippen LogP contribution in [0.25, 0.3) is 11.3 Å². The molecule has 0 radical (unpaired) electrons. The van der Waals surface area contributed by atoms with Gasteiger partial charge in [0.15, 0.2) is 5.76 Å². The largest absolute Gasteiger partial charge is 0.465 e. The van der Waals surface area contributed by atoms with Crippen molar-refractivity contribution in [3.05, 3.63) is 41.9 Å². The number of amides is 2. The molecule has 0 spiro atoms. The van der Waals surface area contributed by atoms with E-state index in [9.17, 15) is 22.8 Å². The van der Waals surface area contributed by atoms with Crippen molar-refractivity contribution in [2.45, 2.75) is 18.6 Å². The Hall–Kier alpha value is -3.04. The number of carboxylic acid groups (broad SMARTS) is 1. The van der Waals surface area contributed by atoms with Crippen molar-refractivity contribution >= 4 is 12.0 Å². The lowest BCUT2D eigenvalue weighted by Crippen LogP contribution is -2.38. The molecule has 1 unspecified atom stereocenters. The molecule has 138 valence electrons. The molecule has 2 amide bonds. The molecule has 1 aromatic carbocycles. The predicted octanol–water partition coefficient (Wildman–Crippen LogP) is 2.84. The van der Waals surface area contributed by atoms with Gasteiger partial charge in [-0.15, -0.1) is 0 Å². The SMILES string of the molecule is O=C(NC1CCN(C(=O)O)C1)c1ncc(-c2cccc(C(F)(F)F)c2)o1. The van der Waals surface area contributed by atoms with Gasteiger partial charge in [0.25, 0.3) is 5.89 Å². The highest BCUT2D eigenvalue weighted by Crippen LogP contribution is 2.32. The van der Waals surface area contributed by atoms with E-state index in [1.165, 1.54) is 23.2 Å². The van der Waals surface area contributed by atoms with E-state index in [1.54, 1.807) is 0 Å². The number of carbonyl (C=O) groups excluding carboxylic acids is 1. The van der Waals surface area contributed by atoms with Crippen LogP contribution in [0, 0.1) is 0 Å². The van der Waals surface area contributed by atoms with Crippen molar-refractivity contribution in [1.29, 1.82) is 0 Å². The summed E-state index contributed by atoms with van der Waals surface area (Å²) >= 11 is 0. The minimum absolute atomic E-state index is 0.0276. The van der Waals surface area contributed by atoms with Gasteiger partial charge in [0.2, 0.25) is 0 Å². The maximum atomic E-state index is 12.8. The van der Waals surface area contributed by atoms with Gasteiger partial charge in [0, 0.05) is 24.7 Å². The molecule has 3 rings (SSSR count). The summed E-state index contributed by atoms with van der Waals surface area (Å²) < 4.78 is 43.6. The fourth-order valence-corrected chi connectivity index (χ4v) is 2.66. The minimum Gasteiger partial charge on any atom is -0.465 e. The second kappa shape index (κ2) is 6.70. The van der Waals surface area contributed by atoms with Gasteiger partial charge in [-0.25, -0.2) is 9.78 Å². The van der Waals surface area contributed by atoms with Crippen molar-refractivity contribution in [3.63, 3.8) is 0 Å². The molecule has 1 saturated heterocycles. The van der Waals surface area contributed by atoms with Gasteiger partial charge in [-0.3, -0.25) is 4.79 Å². The molecule has 1 aromatic heterocycles. The maximum absolute atomic E-state index is 12.8. The van der Waals surface area contributed by atoms with Gasteiger partial charge in [-0.1, -0.05) is 12.1 Å². The lowest BCUT2D eigenvalue weighted by Gasteiger charge is -2.12. The minimum atomic E-state index is -4.49. The monoisotopic (exact) mass is 369 g/mol. The van der Waals surface area contributed by atoms with Crippen LogP contribution in [0.2, 0.25) is 0 Å². The second-order valence-corrected chi connectivity index (χ2v) is 5.80. The number of likely N-dealkylation sites (tertiary alicyclic amines) is 1. The summed E-state index contributed by atoms with van der Waals surface area (Å²) in [5.74, 6) is -0.925. The van der Waals surface area contributed by atoms with Crippen LogP contribution < -0.4 is 5.32 Å². The molecule has 2 heterocycles. The van der Waals surface area contributed by atoms with Crippen LogP contribution in [0.5, 0.6) is 0 Å². The Bertz CT molecular complexity index is 834. The average Bonchev–Trinajstić information content (AvgIpc) is 3.23. The highest BCUT2D eigenvalue weighted by Gasteiger charge is 2.31. The highest BCUT2D eigenvalue weighted by molar-refractivity contribution is 5.90. The number of halogens is 3. The van der Waals surface area contributed by atoms with E-state index >= 15 is 0 Å². The van der Waals surface area contributed by atoms with Gasteiger partial charge in [-0.2, -0.15) is 13.2 Å². The lowest BCUT2D eigenvalue weighted by molar-refractivity contribution is -0.137. The van der Waals surface area contributed by atoms with Crippen molar-refractivity contribution in [1.82, 2.24) is 15.2 Å². The van der Waals surface area contributed by atoms with Crippen LogP contribution in [0.1, 0.15) is 22.7 Å². The number of aromatic nitrogens is 1. The number of rotatable bonds is 3. The molecule has 2 aromatic rings. The Morgan fingerprint density at radius 3 is 2.77 bits per heavy atom. The van der Waals surface area contributed by atoms with E-state index in [-0.39, 0.29) is 29.8 Å². The Balaban J connectivity index is 1.70. The highest BCUT2D eigenvalue weighted by atomic mass is 19.4. The quantitative estimate of drug-likeness (QED) is 0.867. The van der Waals surface area contributed by atoms with Crippen LogP contribution in [-0.4, -0.2) is 46.1 Å². The zero-order valence-electron chi connectivity index (χ0n) is 13.3. The summed E-state index contributed by atoms with van der Waals surface area (Å²) in [5, 5.41) is 11.5. The van der Waals surface area contributed by atoms with E-state index in [1.807, 2.05) is 0 Å². The summed E-state index contributed by atoms with van der Waals surface area (Å²) in [6.45, 7) is 0.462. The van der Waals surface area contributed by atoms with Crippen LogP contribution >= 0.6 is 0 Å². The molecular formula is C16H14F3N3O4. The van der Waals surface area contributed by atoms with Crippen LogP contribution in [0.3, 0.4) is 0 Å². The number of alkyl halides is 3. The summed E-state index contributed by atoms with van der Waals surface area (Å²) in [4.78, 5) is 28.0. The van der Waals surface area contributed by atoms with Gasteiger partial charge in [-0.05, 0) is 18.6 Å². The first-order valence-corrected chi connectivity index (χ1v) is 7.66. The molecule has 1 aliphatic heterocycles. The fraction of sp³-hybridized carbons (Fsp3) is 0.312. The molecule has 0 aliphatic carbocycles. The topological polar surface area (TPSA) is 95.7 Å². The molecule has 1 aliphatic rings. The van der Waals surface area contributed by atoms with E-state index in [0.717, 1.165) is 12.1 Å². The van der Waals surface area contributed by atoms with Crippen LogP contribution in [0.15, 0.2) is 34.9 Å². The zero-order chi connectivity index (χ0) is 18.9. The van der Waals surface area contributed by atoms with E-state index in [2.05, 4.69) is 10.3 Å². The molecule has 26 heavy (non-hydrogen) atoms. The summed E-state index contributed by atoms with van der Waals surface area (Å²) in [7, 11) is 0. The number of oxazole rings is 1. The summed E-state index contributed by atoms with van der Waals surface area (Å²) in [6.07, 6.45) is -3.93. The predicted molar refractivity (Wildman–Crippen MR) is 82.4 cm³/mol. The molecule has 2 N–H and O–H groups in total. The number of benzene rings is 1. The van der Waals surface area contributed by atoms with E-state index in [0.29, 0.717) is 13.0 Å². The Labute approximate surface area is 145 Å². The Kier molecular flexibility index (Phi) is 4.58. The molecule has 1 fully saturated rings. The van der Waals surface area contributed by atoms with Gasteiger partial charge < -0.3 is 19.7 Å². The number of hydrogen-bond acceptors (Lipinski definition) is 4. The third-order valence-electron chi connectivity index (χ3n) is 3.97. The molecule has 0 bridgehead atoms. The van der Waals surface area contributed by atoms with Gasteiger partial charge >= 0.3 is 18.2 Å². The van der Waals surface area contributed by atoms with Crippen molar-refractivity contribution in [3.8, 4) is 11.3 Å². The van der Waals surface area contributed by atoms with Crippen molar-refractivity contribution in [2.75, 3.05) is 13.1 Å². The second-order valence-electron chi connectivity index (χ2n) is 5.80. The smallest absolute Gasteiger partial charge is 0.416 e. The number of nitrogens with zero attached hydrogens (tertiary/aromatic N) is 2. The van der Waals surface area contributed by atoms with Crippen molar-refractivity contribution < 1.29 is 32.3 Å². The Morgan fingerprint density at radius 2 is 2.12 bits per heavy atom. The first-order chi connectivity index (χ1) is 12.2. The number of carbonyl (C=O) groups is 2. The number of nitrogens with one attached hydrogen (secondary N) is 1. The third-order valence-corrected chi connectivity index (χ3v) is 3.97. The average molecular weight is 369 g/mol. The fourth-order valence-electron chi connectivity index (χ4n) is 2.66. The zero-order valence-corrected chi connectivity index (χ0v) is 13.3. The van der Waals surface area contributed by atoms with Crippen molar-refractivity contribution in [2.24, 2.45) is 0 Å².